The minimum absolute atomic E-state index is 0.853. The molecular formula is C11H15N5. The van der Waals surface area contributed by atoms with E-state index in [9.17, 15) is 0 Å². The van der Waals surface area contributed by atoms with Crippen molar-refractivity contribution >= 4 is 17.1 Å². The third-order valence-electron chi connectivity index (χ3n) is 3.11. The van der Waals surface area contributed by atoms with Crippen molar-refractivity contribution in [2.24, 2.45) is 7.05 Å². The van der Waals surface area contributed by atoms with Crippen LogP contribution in [0.2, 0.25) is 0 Å². The van der Waals surface area contributed by atoms with E-state index in [1.807, 2.05) is 18.5 Å². The lowest BCUT2D eigenvalue weighted by molar-refractivity contribution is 0.879. The highest BCUT2D eigenvalue weighted by atomic mass is 15.3. The Morgan fingerprint density at radius 2 is 1.94 bits per heavy atom. The van der Waals surface area contributed by atoms with Gasteiger partial charge in [0, 0.05) is 20.1 Å². The molecule has 0 atom stereocenters. The monoisotopic (exact) mass is 217 g/mol. The van der Waals surface area contributed by atoms with E-state index < -0.39 is 0 Å². The van der Waals surface area contributed by atoms with Crippen LogP contribution in [0.15, 0.2) is 6.33 Å². The lowest BCUT2D eigenvalue weighted by Gasteiger charge is -2.15. The van der Waals surface area contributed by atoms with E-state index in [1.165, 1.54) is 12.8 Å². The van der Waals surface area contributed by atoms with Crippen molar-refractivity contribution < 1.29 is 0 Å². The first-order valence-electron chi connectivity index (χ1n) is 5.66. The van der Waals surface area contributed by atoms with Gasteiger partial charge in [-0.15, -0.1) is 0 Å². The smallest absolute Gasteiger partial charge is 0.227 e. The molecule has 84 valence electrons. The van der Waals surface area contributed by atoms with E-state index >= 15 is 0 Å². The molecule has 1 aliphatic rings. The molecule has 0 saturated carbocycles. The minimum atomic E-state index is 0.853. The summed E-state index contributed by atoms with van der Waals surface area (Å²) < 4.78 is 1.95. The van der Waals surface area contributed by atoms with Gasteiger partial charge in [-0.25, -0.2) is 9.97 Å². The number of hydrogen-bond donors (Lipinski definition) is 0. The van der Waals surface area contributed by atoms with Crippen LogP contribution in [0.3, 0.4) is 0 Å². The van der Waals surface area contributed by atoms with E-state index in [0.717, 1.165) is 35.9 Å². The van der Waals surface area contributed by atoms with Gasteiger partial charge in [0.1, 0.15) is 5.52 Å². The predicted octanol–water partition coefficient (Wildman–Crippen LogP) is 1.27. The summed E-state index contributed by atoms with van der Waals surface area (Å²) in [4.78, 5) is 15.7. The van der Waals surface area contributed by atoms with Crippen molar-refractivity contribution in [1.29, 1.82) is 0 Å². The van der Waals surface area contributed by atoms with Crippen molar-refractivity contribution in [3.8, 4) is 0 Å². The fourth-order valence-electron chi connectivity index (χ4n) is 2.19. The van der Waals surface area contributed by atoms with Crippen LogP contribution in [-0.2, 0) is 7.05 Å². The summed E-state index contributed by atoms with van der Waals surface area (Å²) >= 11 is 0. The number of aryl methyl sites for hydroxylation is 2. The van der Waals surface area contributed by atoms with Gasteiger partial charge in [-0.05, 0) is 19.8 Å². The molecule has 1 aliphatic heterocycles. The largest absolute Gasteiger partial charge is 0.341 e. The Hall–Kier alpha value is -1.65. The highest BCUT2D eigenvalue weighted by Gasteiger charge is 2.17. The Bertz CT molecular complexity index is 524. The molecule has 0 amide bonds. The molecule has 2 aromatic heterocycles. The van der Waals surface area contributed by atoms with Crippen LogP contribution < -0.4 is 4.90 Å². The molecule has 5 heteroatoms. The summed E-state index contributed by atoms with van der Waals surface area (Å²) in [6.45, 7) is 4.14. The Morgan fingerprint density at radius 3 is 2.69 bits per heavy atom. The fourth-order valence-corrected chi connectivity index (χ4v) is 2.19. The van der Waals surface area contributed by atoms with Gasteiger partial charge in [0.15, 0.2) is 5.65 Å². The molecule has 0 aliphatic carbocycles. The van der Waals surface area contributed by atoms with Crippen LogP contribution >= 0.6 is 0 Å². The van der Waals surface area contributed by atoms with E-state index in [4.69, 9.17) is 0 Å². The molecule has 1 fully saturated rings. The molecule has 0 N–H and O–H groups in total. The second kappa shape index (κ2) is 3.43. The maximum atomic E-state index is 4.59. The second-order valence-electron chi connectivity index (χ2n) is 4.33. The highest BCUT2D eigenvalue weighted by Crippen LogP contribution is 2.20. The maximum absolute atomic E-state index is 4.59. The molecule has 0 radical (unpaired) electrons. The zero-order chi connectivity index (χ0) is 11.1. The SMILES string of the molecule is Cc1nc(N2CCCC2)nc2c1ncn2C. The Kier molecular flexibility index (Phi) is 2.05. The number of anilines is 1. The third-order valence-corrected chi connectivity index (χ3v) is 3.11. The Balaban J connectivity index is 2.15. The first-order chi connectivity index (χ1) is 7.75. The molecule has 0 unspecified atom stereocenters. The number of nitrogens with zero attached hydrogens (tertiary/aromatic N) is 5. The van der Waals surface area contributed by atoms with Gasteiger partial charge >= 0.3 is 0 Å². The normalized spacial score (nSPS) is 16.2. The third kappa shape index (κ3) is 1.35. The van der Waals surface area contributed by atoms with Gasteiger partial charge in [0.2, 0.25) is 5.95 Å². The lowest BCUT2D eigenvalue weighted by Crippen LogP contribution is -2.21. The van der Waals surface area contributed by atoms with Gasteiger partial charge in [0.05, 0.1) is 12.0 Å². The number of hydrogen-bond acceptors (Lipinski definition) is 4. The quantitative estimate of drug-likeness (QED) is 0.721. The van der Waals surface area contributed by atoms with Crippen molar-refractivity contribution in [2.75, 3.05) is 18.0 Å². The summed E-state index contributed by atoms with van der Waals surface area (Å²) in [7, 11) is 1.97. The summed E-state index contributed by atoms with van der Waals surface area (Å²) in [5.74, 6) is 0.853. The van der Waals surface area contributed by atoms with Gasteiger partial charge in [-0.3, -0.25) is 0 Å². The zero-order valence-corrected chi connectivity index (χ0v) is 9.64. The first-order valence-corrected chi connectivity index (χ1v) is 5.66. The minimum Gasteiger partial charge on any atom is -0.341 e. The Morgan fingerprint density at radius 1 is 1.19 bits per heavy atom. The van der Waals surface area contributed by atoms with Crippen molar-refractivity contribution in [3.63, 3.8) is 0 Å². The molecule has 5 nitrogen and oxygen atoms in total. The molecule has 0 spiro atoms. The van der Waals surface area contributed by atoms with E-state index in [-0.39, 0.29) is 0 Å². The first kappa shape index (κ1) is 9.57. The average Bonchev–Trinajstić information content (AvgIpc) is 2.88. The van der Waals surface area contributed by atoms with E-state index in [2.05, 4.69) is 19.9 Å². The van der Waals surface area contributed by atoms with Crippen LogP contribution in [0.1, 0.15) is 18.5 Å². The topological polar surface area (TPSA) is 46.8 Å². The van der Waals surface area contributed by atoms with Crippen molar-refractivity contribution in [2.45, 2.75) is 19.8 Å². The predicted molar refractivity (Wildman–Crippen MR) is 62.5 cm³/mol. The number of aromatic nitrogens is 4. The zero-order valence-electron chi connectivity index (χ0n) is 9.64. The average molecular weight is 217 g/mol. The van der Waals surface area contributed by atoms with Crippen LogP contribution in [0.25, 0.3) is 11.2 Å². The molecule has 0 bridgehead atoms. The molecule has 16 heavy (non-hydrogen) atoms. The molecule has 3 heterocycles. The summed E-state index contributed by atoms with van der Waals surface area (Å²) in [6, 6.07) is 0. The molecule has 1 saturated heterocycles. The number of rotatable bonds is 1. The summed E-state index contributed by atoms with van der Waals surface area (Å²) in [5.41, 5.74) is 2.80. The van der Waals surface area contributed by atoms with E-state index in [1.54, 1.807) is 6.33 Å². The van der Waals surface area contributed by atoms with Crippen LogP contribution in [-0.4, -0.2) is 32.6 Å². The lowest BCUT2D eigenvalue weighted by atomic mass is 10.4. The highest BCUT2D eigenvalue weighted by molar-refractivity contribution is 5.74. The van der Waals surface area contributed by atoms with Gasteiger partial charge in [-0.1, -0.05) is 0 Å². The standard InChI is InChI=1S/C11H15N5/c1-8-9-10(15(2)7-12-9)14-11(13-8)16-5-3-4-6-16/h7H,3-6H2,1-2H3. The fraction of sp³-hybridized carbons (Fsp3) is 0.545. The van der Waals surface area contributed by atoms with Crippen molar-refractivity contribution in [1.82, 2.24) is 19.5 Å². The summed E-state index contributed by atoms with van der Waals surface area (Å²) in [6.07, 6.45) is 4.28. The molecule has 2 aromatic rings. The molecular weight excluding hydrogens is 202 g/mol. The van der Waals surface area contributed by atoms with Gasteiger partial charge < -0.3 is 9.47 Å². The van der Waals surface area contributed by atoms with Crippen LogP contribution in [0, 0.1) is 6.92 Å². The van der Waals surface area contributed by atoms with Gasteiger partial charge in [0.25, 0.3) is 0 Å². The van der Waals surface area contributed by atoms with Crippen LogP contribution in [0.4, 0.5) is 5.95 Å². The number of imidazole rings is 1. The molecule has 0 aromatic carbocycles. The summed E-state index contributed by atoms with van der Waals surface area (Å²) in [5, 5.41) is 0. The number of fused-ring (bicyclic) bond motifs is 1. The van der Waals surface area contributed by atoms with Crippen LogP contribution in [0.5, 0.6) is 0 Å². The van der Waals surface area contributed by atoms with Crippen molar-refractivity contribution in [3.05, 3.63) is 12.0 Å². The second-order valence-corrected chi connectivity index (χ2v) is 4.33. The Labute approximate surface area is 94.1 Å². The van der Waals surface area contributed by atoms with Gasteiger partial charge in [-0.2, -0.15) is 4.98 Å². The molecule has 3 rings (SSSR count). The van der Waals surface area contributed by atoms with E-state index in [0.29, 0.717) is 0 Å². The maximum Gasteiger partial charge on any atom is 0.227 e.